The van der Waals surface area contributed by atoms with Gasteiger partial charge in [-0.05, 0) is 111 Å². The molecule has 15 heteroatoms. The summed E-state index contributed by atoms with van der Waals surface area (Å²) >= 11 is 17.8. The number of benzene rings is 2. The molecule has 6 rings (SSSR count). The Kier molecular flexibility index (Phi) is 16.7. The molecule has 6 aromatic rings. The quantitative estimate of drug-likeness (QED) is 0.106. The van der Waals surface area contributed by atoms with E-state index in [0.29, 0.717) is 66.8 Å². The van der Waals surface area contributed by atoms with Crippen molar-refractivity contribution >= 4 is 63.4 Å². The number of H-pyrrole nitrogens is 2. The van der Waals surface area contributed by atoms with E-state index in [1.165, 1.54) is 44.2 Å². The number of ketones is 2. The number of nitrogens with two attached hydrogens (primary N) is 1. The van der Waals surface area contributed by atoms with Crippen molar-refractivity contribution < 1.29 is 18.4 Å². The lowest BCUT2D eigenvalue weighted by atomic mass is 10.0. The van der Waals surface area contributed by atoms with E-state index in [-0.39, 0.29) is 57.6 Å². The molecule has 0 spiro atoms. The van der Waals surface area contributed by atoms with Crippen LogP contribution in [0, 0.1) is 25.5 Å². The van der Waals surface area contributed by atoms with Gasteiger partial charge in [-0.15, -0.1) is 0 Å². The summed E-state index contributed by atoms with van der Waals surface area (Å²) in [7, 11) is 0. The minimum atomic E-state index is -0.515. The summed E-state index contributed by atoms with van der Waals surface area (Å²) in [4.78, 5) is 60.7. The van der Waals surface area contributed by atoms with Crippen LogP contribution >= 0.6 is 34.8 Å². The normalized spacial score (nSPS) is 10.8. The van der Waals surface area contributed by atoms with Crippen molar-refractivity contribution in [1.82, 2.24) is 19.9 Å². The molecule has 0 amide bonds. The summed E-state index contributed by atoms with van der Waals surface area (Å²) in [6.45, 7) is 14.2. The number of aryl methyl sites for hydroxylation is 2. The number of aromatic amines is 2. The molecule has 0 aliphatic rings. The number of hydrogen-bond donors (Lipinski definition) is 4. The van der Waals surface area contributed by atoms with Crippen molar-refractivity contribution in [2.24, 2.45) is 0 Å². The molecule has 0 radical (unpaired) electrons. The number of aromatic nitrogens is 4. The monoisotopic (exact) mass is 890 g/mol. The van der Waals surface area contributed by atoms with Crippen molar-refractivity contribution in [2.45, 2.75) is 80.1 Å². The van der Waals surface area contributed by atoms with Gasteiger partial charge in [-0.1, -0.05) is 62.5 Å². The number of Topliss-reactive ketones (excluding diaryl/α,β-unsaturated/α-hetero) is 2. The average molecular weight is 892 g/mol. The Labute approximate surface area is 367 Å². The van der Waals surface area contributed by atoms with Crippen molar-refractivity contribution in [1.29, 1.82) is 0 Å². The predicted molar refractivity (Wildman–Crippen MR) is 243 cm³/mol. The molecule has 5 N–H and O–H groups in total. The van der Waals surface area contributed by atoms with E-state index in [1.807, 2.05) is 27.7 Å². The number of nitrogen functional groups attached to an aromatic ring is 1. The molecule has 0 atom stereocenters. The molecule has 0 saturated heterocycles. The highest BCUT2D eigenvalue weighted by Gasteiger charge is 2.18. The molecule has 0 fully saturated rings. The van der Waals surface area contributed by atoms with E-state index in [2.05, 4.69) is 25.3 Å². The van der Waals surface area contributed by atoms with Gasteiger partial charge in [0.1, 0.15) is 23.2 Å². The van der Waals surface area contributed by atoms with Gasteiger partial charge in [-0.25, -0.2) is 8.78 Å². The van der Waals surface area contributed by atoms with Crippen LogP contribution in [-0.2, 0) is 22.4 Å². The van der Waals surface area contributed by atoms with Crippen LogP contribution in [0.25, 0.3) is 22.3 Å². The Morgan fingerprint density at radius 3 is 1.61 bits per heavy atom. The zero-order valence-electron chi connectivity index (χ0n) is 35.0. The van der Waals surface area contributed by atoms with Gasteiger partial charge < -0.3 is 21.0 Å². The second-order valence-electron chi connectivity index (χ2n) is 15.1. The van der Waals surface area contributed by atoms with Gasteiger partial charge in [0.25, 0.3) is 11.1 Å². The topological polar surface area (TPSA) is 164 Å². The average Bonchev–Trinajstić information content (AvgIpc) is 3.16. The van der Waals surface area contributed by atoms with Crippen LogP contribution in [0.2, 0.25) is 15.1 Å². The predicted octanol–water partition coefficient (Wildman–Crippen LogP) is 11.3. The molecule has 4 aromatic heterocycles. The highest BCUT2D eigenvalue weighted by atomic mass is 35.5. The smallest absolute Gasteiger partial charge is 0.256 e. The third kappa shape index (κ3) is 13.1. The lowest BCUT2D eigenvalue weighted by Gasteiger charge is -2.17. The number of hydrogen-bond acceptors (Lipinski definition) is 8. The number of rotatable bonds is 10. The summed E-state index contributed by atoms with van der Waals surface area (Å²) in [5.74, 6) is -0.796. The van der Waals surface area contributed by atoms with Crippen molar-refractivity contribution in [3.63, 3.8) is 0 Å². The van der Waals surface area contributed by atoms with Crippen molar-refractivity contribution in [2.75, 3.05) is 11.1 Å². The summed E-state index contributed by atoms with van der Waals surface area (Å²) in [6.07, 6.45) is 3.80. The van der Waals surface area contributed by atoms with E-state index >= 15 is 0 Å². The number of halogens is 5. The highest BCUT2D eigenvalue weighted by molar-refractivity contribution is 6.32. The Balaban J connectivity index is 0.000000226. The maximum Gasteiger partial charge on any atom is 0.256 e. The van der Waals surface area contributed by atoms with Crippen LogP contribution in [-0.4, -0.2) is 31.5 Å². The van der Waals surface area contributed by atoms with Gasteiger partial charge in [0.15, 0.2) is 0 Å². The molecule has 0 saturated carbocycles. The maximum atomic E-state index is 14.6. The SMILES string of the molecule is CC(=O)Cc1cc(Cl)ccn1.CC(=O)Cc1cc(Nc2cc(-c3cc(Cl)c(C)cc3F)c(=O)[nH]c2C(C)C)ccn1.Cc1cc(F)c(-c2cc(N)c(C(C)C)[nH]c2=O)cc1Cl. The Hall–Kier alpha value is -5.69. The van der Waals surface area contributed by atoms with E-state index in [1.54, 1.807) is 56.6 Å². The van der Waals surface area contributed by atoms with E-state index < -0.39 is 17.2 Å². The van der Waals surface area contributed by atoms with Crippen LogP contribution in [0.4, 0.5) is 25.8 Å². The molecular weight excluding hydrogens is 845 g/mol. The number of carbonyl (C=O) groups excluding carboxylic acids is 2. The first-order valence-corrected chi connectivity index (χ1v) is 20.3. The fraction of sp³-hybridized carbons (Fsp3) is 0.261. The Bertz CT molecular complexity index is 2700. The molecule has 0 unspecified atom stereocenters. The second-order valence-corrected chi connectivity index (χ2v) is 16.3. The second kappa shape index (κ2) is 21.2. The van der Waals surface area contributed by atoms with Crippen LogP contribution in [0.3, 0.4) is 0 Å². The highest BCUT2D eigenvalue weighted by Crippen LogP contribution is 2.32. The van der Waals surface area contributed by atoms with Crippen LogP contribution in [0.1, 0.15) is 87.3 Å². The third-order valence-electron chi connectivity index (χ3n) is 9.14. The van der Waals surface area contributed by atoms with Crippen LogP contribution in [0.5, 0.6) is 0 Å². The molecule has 2 aromatic carbocycles. The number of anilines is 3. The van der Waals surface area contributed by atoms with E-state index in [4.69, 9.17) is 40.5 Å². The number of nitrogens with zero attached hydrogens (tertiary/aromatic N) is 2. The molecule has 0 aliphatic carbocycles. The Morgan fingerprint density at radius 2 is 1.13 bits per heavy atom. The molecule has 10 nitrogen and oxygen atoms in total. The van der Waals surface area contributed by atoms with Crippen LogP contribution < -0.4 is 22.2 Å². The molecule has 61 heavy (non-hydrogen) atoms. The molecule has 320 valence electrons. The summed E-state index contributed by atoms with van der Waals surface area (Å²) in [5, 5.41) is 4.69. The zero-order valence-corrected chi connectivity index (χ0v) is 37.3. The standard InChI is InChI=1S/C23H23ClFN3O2.C15H16ClFN2O.C8H8ClNO/c1-12(2)22-21(27-15-5-6-26-16(9-15)8-14(4)29)11-18(23(30)28-22)17-10-19(24)13(3)7-20(17)25;1-7(2)14-13(18)6-10(15(20)19-14)9-5-11(16)8(3)4-12(9)17;1-6(11)4-8-5-7(9)2-3-10-8/h5-7,9-12H,8H2,1-4H3,(H,26,27)(H,28,30);4-7H,18H2,1-3H3,(H,19,20);2-3,5H,4H2,1H3. The fourth-order valence-corrected chi connectivity index (χ4v) is 6.62. The molecule has 4 heterocycles. The minimum Gasteiger partial charge on any atom is -0.397 e. The van der Waals surface area contributed by atoms with E-state index in [0.717, 1.165) is 5.69 Å². The maximum absolute atomic E-state index is 14.6. The summed E-state index contributed by atoms with van der Waals surface area (Å²) in [5.41, 5.74) is 11.5. The molecule has 0 aliphatic heterocycles. The molecule has 0 bridgehead atoms. The van der Waals surface area contributed by atoms with Gasteiger partial charge in [-0.2, -0.15) is 0 Å². The first kappa shape index (κ1) is 48.0. The van der Waals surface area contributed by atoms with Crippen molar-refractivity contribution in [3.05, 3.63) is 154 Å². The number of nitrogens with one attached hydrogen (secondary N) is 3. The van der Waals surface area contributed by atoms with Gasteiger partial charge in [-0.3, -0.25) is 29.1 Å². The van der Waals surface area contributed by atoms with Gasteiger partial charge in [0.05, 0.1) is 22.5 Å². The number of carbonyl (C=O) groups is 2. The first-order chi connectivity index (χ1) is 28.6. The fourth-order valence-electron chi connectivity index (χ4n) is 6.11. The lowest BCUT2D eigenvalue weighted by molar-refractivity contribution is -0.117. The number of pyridine rings is 4. The third-order valence-corrected chi connectivity index (χ3v) is 10.2. The van der Waals surface area contributed by atoms with Crippen molar-refractivity contribution in [3.8, 4) is 22.3 Å². The lowest BCUT2D eigenvalue weighted by Crippen LogP contribution is -2.15. The molecular formula is C46H47Cl3F2N6O4. The minimum absolute atomic E-state index is 0.0132. The van der Waals surface area contributed by atoms with Gasteiger partial charge in [0.2, 0.25) is 0 Å². The van der Waals surface area contributed by atoms with E-state index in [9.17, 15) is 28.0 Å². The van der Waals surface area contributed by atoms with Gasteiger partial charge >= 0.3 is 0 Å². The Morgan fingerprint density at radius 1 is 0.672 bits per heavy atom. The van der Waals surface area contributed by atoms with Gasteiger partial charge in [0, 0.05) is 79.9 Å². The summed E-state index contributed by atoms with van der Waals surface area (Å²) in [6, 6.07) is 15.6. The largest absolute Gasteiger partial charge is 0.397 e. The summed E-state index contributed by atoms with van der Waals surface area (Å²) < 4.78 is 28.7. The first-order valence-electron chi connectivity index (χ1n) is 19.2. The van der Waals surface area contributed by atoms with Crippen LogP contribution in [0.15, 0.2) is 82.6 Å². The zero-order chi connectivity index (χ0) is 45.3.